The fourth-order valence-electron chi connectivity index (χ4n) is 3.51. The molecule has 0 fully saturated rings. The van der Waals surface area contributed by atoms with Crippen LogP contribution in [-0.2, 0) is 14.4 Å². The molecule has 0 aromatic rings. The lowest BCUT2D eigenvalue weighted by atomic mass is 9.87. The Morgan fingerprint density at radius 1 is 0.906 bits per heavy atom. The maximum absolute atomic E-state index is 13.0. The van der Waals surface area contributed by atoms with Gasteiger partial charge in [-0.1, -0.05) is 48.5 Å². The van der Waals surface area contributed by atoms with E-state index in [1.807, 2.05) is 13.8 Å². The Labute approximate surface area is 195 Å². The molecule has 186 valence electrons. The van der Waals surface area contributed by atoms with E-state index >= 15 is 0 Å². The van der Waals surface area contributed by atoms with Crippen LogP contribution in [0.3, 0.4) is 0 Å². The lowest BCUT2D eigenvalue weighted by Crippen LogP contribution is -2.45. The Bertz CT molecular complexity index is 609. The van der Waals surface area contributed by atoms with E-state index < -0.39 is 18.0 Å². The van der Waals surface area contributed by atoms with Crippen LogP contribution in [0.5, 0.6) is 0 Å². The SMILES string of the molecule is CC(C)CCC(=O)CC(C(=O)NC(CCCNC(N)=O)C(=O)CCCC(C)(C)C)C(C)C. The summed E-state index contributed by atoms with van der Waals surface area (Å²) >= 11 is 0. The molecule has 0 spiro atoms. The molecule has 7 heteroatoms. The van der Waals surface area contributed by atoms with Gasteiger partial charge in [-0.2, -0.15) is 0 Å². The molecule has 0 aromatic carbocycles. The lowest BCUT2D eigenvalue weighted by Gasteiger charge is -2.25. The van der Waals surface area contributed by atoms with Gasteiger partial charge in [0.05, 0.1) is 6.04 Å². The molecule has 2 atom stereocenters. The standard InChI is InChI=1S/C25H47N3O4/c1-17(2)12-13-19(29)16-20(18(3)4)23(31)28-21(10-9-15-27-24(26)32)22(30)11-8-14-25(5,6)7/h17-18,20-21H,8-16H2,1-7H3,(H,28,31)(H3,26,27,32). The smallest absolute Gasteiger partial charge is 0.312 e. The second-order valence-corrected chi connectivity index (χ2v) is 10.9. The number of carbonyl (C=O) groups is 4. The van der Waals surface area contributed by atoms with E-state index in [1.165, 1.54) is 0 Å². The summed E-state index contributed by atoms with van der Waals surface area (Å²) in [5.41, 5.74) is 5.24. The van der Waals surface area contributed by atoms with Gasteiger partial charge in [0.15, 0.2) is 5.78 Å². The highest BCUT2D eigenvalue weighted by atomic mass is 16.2. The number of nitrogens with two attached hydrogens (primary N) is 1. The summed E-state index contributed by atoms with van der Waals surface area (Å²) in [5, 5.41) is 5.44. The molecule has 0 saturated heterocycles. The van der Waals surface area contributed by atoms with Crippen molar-refractivity contribution < 1.29 is 19.2 Å². The van der Waals surface area contributed by atoms with Crippen molar-refractivity contribution in [1.29, 1.82) is 0 Å². The monoisotopic (exact) mass is 453 g/mol. The first kappa shape index (κ1) is 30.1. The van der Waals surface area contributed by atoms with Crippen molar-refractivity contribution in [3.05, 3.63) is 0 Å². The minimum Gasteiger partial charge on any atom is -0.352 e. The zero-order chi connectivity index (χ0) is 24.9. The molecule has 4 N–H and O–H groups in total. The summed E-state index contributed by atoms with van der Waals surface area (Å²) in [6.45, 7) is 14.7. The van der Waals surface area contributed by atoms with Crippen LogP contribution in [0.25, 0.3) is 0 Å². The quantitative estimate of drug-likeness (QED) is 0.301. The van der Waals surface area contributed by atoms with Gasteiger partial charge in [0.25, 0.3) is 0 Å². The maximum atomic E-state index is 13.0. The van der Waals surface area contributed by atoms with Crippen molar-refractivity contribution in [1.82, 2.24) is 10.6 Å². The van der Waals surface area contributed by atoms with Crippen molar-refractivity contribution >= 4 is 23.5 Å². The van der Waals surface area contributed by atoms with Crippen molar-refractivity contribution in [2.75, 3.05) is 6.54 Å². The maximum Gasteiger partial charge on any atom is 0.312 e. The summed E-state index contributed by atoms with van der Waals surface area (Å²) < 4.78 is 0. The minimum atomic E-state index is -0.621. The van der Waals surface area contributed by atoms with Gasteiger partial charge >= 0.3 is 6.03 Å². The van der Waals surface area contributed by atoms with Crippen molar-refractivity contribution in [3.8, 4) is 0 Å². The van der Waals surface area contributed by atoms with Gasteiger partial charge < -0.3 is 16.4 Å². The normalized spacial score (nSPS) is 13.7. The molecule has 0 saturated carbocycles. The van der Waals surface area contributed by atoms with Gasteiger partial charge in [-0.15, -0.1) is 0 Å². The summed E-state index contributed by atoms with van der Waals surface area (Å²) in [6, 6.07) is -1.23. The minimum absolute atomic E-state index is 0.00434. The van der Waals surface area contributed by atoms with Gasteiger partial charge in [0.1, 0.15) is 5.78 Å². The van der Waals surface area contributed by atoms with Crippen LogP contribution in [0.1, 0.15) is 99.8 Å². The molecule has 0 aliphatic carbocycles. The van der Waals surface area contributed by atoms with Crippen LogP contribution < -0.4 is 16.4 Å². The van der Waals surface area contributed by atoms with E-state index in [0.717, 1.165) is 19.3 Å². The van der Waals surface area contributed by atoms with E-state index in [4.69, 9.17) is 5.73 Å². The highest BCUT2D eigenvalue weighted by Gasteiger charge is 2.29. The Morgan fingerprint density at radius 2 is 1.53 bits per heavy atom. The largest absolute Gasteiger partial charge is 0.352 e. The van der Waals surface area contributed by atoms with Crippen molar-refractivity contribution in [2.24, 2.45) is 28.9 Å². The molecular formula is C25H47N3O4. The first-order valence-electron chi connectivity index (χ1n) is 12.1. The number of ketones is 2. The van der Waals surface area contributed by atoms with Crippen LogP contribution in [0, 0.1) is 23.2 Å². The van der Waals surface area contributed by atoms with Crippen LogP contribution in [0.4, 0.5) is 4.79 Å². The molecular weight excluding hydrogens is 406 g/mol. The fourth-order valence-corrected chi connectivity index (χ4v) is 3.51. The molecule has 0 heterocycles. The molecule has 0 aromatic heterocycles. The summed E-state index contributed by atoms with van der Waals surface area (Å²) in [4.78, 5) is 49.2. The predicted octanol–water partition coefficient (Wildman–Crippen LogP) is 4.37. The molecule has 0 rings (SSSR count). The highest BCUT2D eigenvalue weighted by Crippen LogP contribution is 2.23. The van der Waals surface area contributed by atoms with E-state index in [1.54, 1.807) is 0 Å². The van der Waals surface area contributed by atoms with Crippen molar-refractivity contribution in [3.63, 3.8) is 0 Å². The third kappa shape index (κ3) is 15.0. The molecule has 7 nitrogen and oxygen atoms in total. The fraction of sp³-hybridized carbons (Fsp3) is 0.840. The molecule has 0 radical (unpaired) electrons. The predicted molar refractivity (Wildman–Crippen MR) is 129 cm³/mol. The van der Waals surface area contributed by atoms with Crippen LogP contribution in [0.15, 0.2) is 0 Å². The number of hydrogen-bond acceptors (Lipinski definition) is 4. The second kappa shape index (κ2) is 15.0. The van der Waals surface area contributed by atoms with Gasteiger partial charge in [-0.25, -0.2) is 4.79 Å². The Hall–Kier alpha value is -1.92. The Kier molecular flexibility index (Phi) is 14.1. The topological polar surface area (TPSA) is 118 Å². The number of hydrogen-bond donors (Lipinski definition) is 3. The zero-order valence-corrected chi connectivity index (χ0v) is 21.4. The third-order valence-electron chi connectivity index (χ3n) is 5.61. The molecule has 0 bridgehead atoms. The Morgan fingerprint density at radius 3 is 2.03 bits per heavy atom. The van der Waals surface area contributed by atoms with Crippen molar-refractivity contribution in [2.45, 2.75) is 106 Å². The van der Waals surface area contributed by atoms with E-state index in [0.29, 0.717) is 38.1 Å². The number of Topliss-reactive ketones (excluding diaryl/α,β-unsaturated/α-hetero) is 2. The molecule has 32 heavy (non-hydrogen) atoms. The number of urea groups is 1. The molecule has 2 unspecified atom stereocenters. The summed E-state index contributed by atoms with van der Waals surface area (Å²) in [7, 11) is 0. The average Bonchev–Trinajstić information content (AvgIpc) is 2.64. The molecule has 0 aliphatic heterocycles. The number of nitrogens with one attached hydrogen (secondary N) is 2. The van der Waals surface area contributed by atoms with E-state index in [9.17, 15) is 19.2 Å². The number of carbonyl (C=O) groups excluding carboxylic acids is 4. The highest BCUT2D eigenvalue weighted by molar-refractivity contribution is 5.92. The third-order valence-corrected chi connectivity index (χ3v) is 5.61. The zero-order valence-electron chi connectivity index (χ0n) is 21.4. The van der Waals surface area contributed by atoms with Gasteiger partial charge in [-0.05, 0) is 49.4 Å². The molecule has 3 amide bonds. The molecule has 0 aliphatic rings. The summed E-state index contributed by atoms with van der Waals surface area (Å²) in [6.07, 6.45) is 4.51. The average molecular weight is 454 g/mol. The first-order valence-corrected chi connectivity index (χ1v) is 12.1. The summed E-state index contributed by atoms with van der Waals surface area (Å²) in [5.74, 6) is -0.180. The Balaban J connectivity index is 5.10. The van der Waals surface area contributed by atoms with E-state index in [2.05, 4.69) is 45.3 Å². The first-order chi connectivity index (χ1) is 14.7. The second-order valence-electron chi connectivity index (χ2n) is 10.9. The van der Waals surface area contributed by atoms with Gasteiger partial charge in [-0.3, -0.25) is 14.4 Å². The lowest BCUT2D eigenvalue weighted by molar-refractivity contribution is -0.133. The number of primary amides is 1. The number of rotatable bonds is 16. The number of amides is 3. The van der Waals surface area contributed by atoms with Gasteiger partial charge in [0.2, 0.25) is 5.91 Å². The van der Waals surface area contributed by atoms with Gasteiger partial charge in [0, 0.05) is 31.7 Å². The van der Waals surface area contributed by atoms with Crippen LogP contribution >= 0.6 is 0 Å². The van der Waals surface area contributed by atoms with Crippen LogP contribution in [-0.4, -0.2) is 36.1 Å². The van der Waals surface area contributed by atoms with E-state index in [-0.39, 0.29) is 35.2 Å². The van der Waals surface area contributed by atoms with Crippen LogP contribution in [0.2, 0.25) is 0 Å².